The van der Waals surface area contributed by atoms with Crippen LogP contribution in [0.5, 0.6) is 5.75 Å². The van der Waals surface area contributed by atoms with Crippen LogP contribution < -0.4 is 10.5 Å². The van der Waals surface area contributed by atoms with Gasteiger partial charge in [-0.2, -0.15) is 0 Å². The highest BCUT2D eigenvalue weighted by atomic mass is 79.9. The fourth-order valence-corrected chi connectivity index (χ4v) is 3.81. The lowest BCUT2D eigenvalue weighted by Gasteiger charge is -2.32. The number of ether oxygens (including phenoxy) is 1. The first-order chi connectivity index (χ1) is 9.97. The molecule has 0 saturated heterocycles. The molecule has 1 aliphatic carbocycles. The van der Waals surface area contributed by atoms with Crippen molar-refractivity contribution in [1.29, 1.82) is 0 Å². The molecule has 0 spiro atoms. The Bertz CT molecular complexity index is 453. The van der Waals surface area contributed by atoms with Crippen molar-refractivity contribution < 1.29 is 4.74 Å². The third-order valence-corrected chi connectivity index (χ3v) is 4.95. The van der Waals surface area contributed by atoms with Gasteiger partial charge in [-0.15, -0.1) is 0 Å². The second-order valence-corrected chi connectivity index (χ2v) is 7.70. The number of halogens is 1. The molecule has 0 aromatic heterocycles. The SMILES string of the molecule is CCC(N)Cc1cc(Br)ccc1OC1CC(C)CC(C)C1. The third-order valence-electron chi connectivity index (χ3n) is 4.46. The van der Waals surface area contributed by atoms with Gasteiger partial charge in [-0.3, -0.25) is 0 Å². The molecular formula is C18H28BrNO. The van der Waals surface area contributed by atoms with Gasteiger partial charge in [0, 0.05) is 10.5 Å². The third kappa shape index (κ3) is 5.00. The van der Waals surface area contributed by atoms with Crippen LogP contribution in [0.25, 0.3) is 0 Å². The molecule has 0 aliphatic heterocycles. The minimum Gasteiger partial charge on any atom is -0.490 e. The van der Waals surface area contributed by atoms with Crippen molar-refractivity contribution in [1.82, 2.24) is 0 Å². The quantitative estimate of drug-likeness (QED) is 0.813. The first-order valence-corrected chi connectivity index (χ1v) is 8.97. The number of hydrogen-bond donors (Lipinski definition) is 1. The molecule has 2 nitrogen and oxygen atoms in total. The van der Waals surface area contributed by atoms with Crippen molar-refractivity contribution in [2.45, 2.75) is 65.0 Å². The van der Waals surface area contributed by atoms with E-state index in [0.717, 1.165) is 34.9 Å². The summed E-state index contributed by atoms with van der Waals surface area (Å²) in [5, 5.41) is 0. The summed E-state index contributed by atoms with van der Waals surface area (Å²) in [4.78, 5) is 0. The minimum absolute atomic E-state index is 0.200. The highest BCUT2D eigenvalue weighted by molar-refractivity contribution is 9.10. The van der Waals surface area contributed by atoms with Gasteiger partial charge in [0.15, 0.2) is 0 Å². The van der Waals surface area contributed by atoms with Gasteiger partial charge < -0.3 is 10.5 Å². The van der Waals surface area contributed by atoms with E-state index < -0.39 is 0 Å². The summed E-state index contributed by atoms with van der Waals surface area (Å²) in [5.41, 5.74) is 7.36. The Balaban J connectivity index is 2.11. The van der Waals surface area contributed by atoms with Gasteiger partial charge in [0.05, 0.1) is 6.10 Å². The van der Waals surface area contributed by atoms with Crippen LogP contribution >= 0.6 is 15.9 Å². The smallest absolute Gasteiger partial charge is 0.123 e. The average Bonchev–Trinajstić information content (AvgIpc) is 2.40. The molecule has 2 N–H and O–H groups in total. The van der Waals surface area contributed by atoms with Gasteiger partial charge in [0.2, 0.25) is 0 Å². The summed E-state index contributed by atoms with van der Waals surface area (Å²) >= 11 is 3.56. The van der Waals surface area contributed by atoms with Crippen molar-refractivity contribution in [3.63, 3.8) is 0 Å². The van der Waals surface area contributed by atoms with Crippen LogP contribution in [0.4, 0.5) is 0 Å². The lowest BCUT2D eigenvalue weighted by atomic mass is 9.82. The standard InChI is InChI=1S/C18H28BrNO/c1-4-16(20)11-14-10-15(19)5-6-18(14)21-17-8-12(2)7-13(3)9-17/h5-6,10,12-13,16-17H,4,7-9,11,20H2,1-3H3. The second kappa shape index (κ2) is 7.64. The van der Waals surface area contributed by atoms with Crippen molar-refractivity contribution >= 4 is 15.9 Å². The molecule has 0 bridgehead atoms. The van der Waals surface area contributed by atoms with E-state index in [0.29, 0.717) is 6.10 Å². The Morgan fingerprint density at radius 1 is 1.24 bits per heavy atom. The topological polar surface area (TPSA) is 35.2 Å². The Kier molecular flexibility index (Phi) is 6.12. The Hall–Kier alpha value is -0.540. The van der Waals surface area contributed by atoms with Gasteiger partial charge in [0.25, 0.3) is 0 Å². The molecule has 1 aliphatic rings. The molecular weight excluding hydrogens is 326 g/mol. The summed E-state index contributed by atoms with van der Waals surface area (Å²) in [5.74, 6) is 2.54. The molecule has 1 aromatic rings. The maximum absolute atomic E-state index is 6.35. The van der Waals surface area contributed by atoms with E-state index in [2.05, 4.69) is 54.9 Å². The predicted octanol–water partition coefficient (Wildman–Crippen LogP) is 4.93. The zero-order valence-electron chi connectivity index (χ0n) is 13.4. The van der Waals surface area contributed by atoms with Crippen LogP contribution in [-0.2, 0) is 6.42 Å². The fourth-order valence-electron chi connectivity index (χ4n) is 3.40. The van der Waals surface area contributed by atoms with E-state index in [4.69, 9.17) is 10.5 Å². The largest absolute Gasteiger partial charge is 0.490 e. The average molecular weight is 354 g/mol. The molecule has 3 atom stereocenters. The van der Waals surface area contributed by atoms with E-state index in [-0.39, 0.29) is 6.04 Å². The van der Waals surface area contributed by atoms with Crippen molar-refractivity contribution in [3.05, 3.63) is 28.2 Å². The monoisotopic (exact) mass is 353 g/mol. The molecule has 1 fully saturated rings. The van der Waals surface area contributed by atoms with Gasteiger partial charge >= 0.3 is 0 Å². The summed E-state index contributed by atoms with van der Waals surface area (Å²) < 4.78 is 7.45. The van der Waals surface area contributed by atoms with E-state index in [9.17, 15) is 0 Å². The molecule has 0 radical (unpaired) electrons. The van der Waals surface area contributed by atoms with Crippen LogP contribution in [0.15, 0.2) is 22.7 Å². The Labute approximate surface area is 137 Å². The molecule has 1 saturated carbocycles. The normalized spacial score (nSPS) is 27.4. The predicted molar refractivity (Wildman–Crippen MR) is 92.7 cm³/mol. The van der Waals surface area contributed by atoms with Crippen LogP contribution in [0.3, 0.4) is 0 Å². The first-order valence-electron chi connectivity index (χ1n) is 8.18. The fraction of sp³-hybridized carbons (Fsp3) is 0.667. The molecule has 2 rings (SSSR count). The Morgan fingerprint density at radius 3 is 2.52 bits per heavy atom. The molecule has 0 heterocycles. The van der Waals surface area contributed by atoms with Gasteiger partial charge in [0.1, 0.15) is 5.75 Å². The molecule has 3 heteroatoms. The maximum Gasteiger partial charge on any atom is 0.123 e. The highest BCUT2D eigenvalue weighted by Crippen LogP contribution is 2.33. The van der Waals surface area contributed by atoms with Crippen LogP contribution in [0, 0.1) is 11.8 Å². The summed E-state index contributed by atoms with van der Waals surface area (Å²) in [6.07, 6.45) is 5.88. The minimum atomic E-state index is 0.200. The van der Waals surface area contributed by atoms with E-state index >= 15 is 0 Å². The molecule has 3 unspecified atom stereocenters. The second-order valence-electron chi connectivity index (χ2n) is 6.78. The van der Waals surface area contributed by atoms with E-state index in [1.807, 2.05) is 0 Å². The molecule has 0 amide bonds. The van der Waals surface area contributed by atoms with Gasteiger partial charge in [-0.25, -0.2) is 0 Å². The molecule has 118 valence electrons. The zero-order chi connectivity index (χ0) is 15.4. The zero-order valence-corrected chi connectivity index (χ0v) is 15.0. The van der Waals surface area contributed by atoms with Gasteiger partial charge in [-0.05, 0) is 67.7 Å². The van der Waals surface area contributed by atoms with Crippen LogP contribution in [-0.4, -0.2) is 12.1 Å². The Morgan fingerprint density at radius 2 is 1.90 bits per heavy atom. The van der Waals surface area contributed by atoms with Gasteiger partial charge in [-0.1, -0.05) is 36.7 Å². The van der Waals surface area contributed by atoms with Crippen LogP contribution in [0.2, 0.25) is 0 Å². The maximum atomic E-state index is 6.35. The van der Waals surface area contributed by atoms with Crippen molar-refractivity contribution in [2.75, 3.05) is 0 Å². The lowest BCUT2D eigenvalue weighted by Crippen LogP contribution is -2.29. The van der Waals surface area contributed by atoms with Crippen LogP contribution in [0.1, 0.15) is 52.0 Å². The number of benzene rings is 1. The number of rotatable bonds is 5. The van der Waals surface area contributed by atoms with Crippen molar-refractivity contribution in [2.24, 2.45) is 17.6 Å². The van der Waals surface area contributed by atoms with E-state index in [1.54, 1.807) is 0 Å². The summed E-state index contributed by atoms with van der Waals surface area (Å²) in [6.45, 7) is 6.80. The lowest BCUT2D eigenvalue weighted by molar-refractivity contribution is 0.0999. The molecule has 1 aromatic carbocycles. The molecule has 21 heavy (non-hydrogen) atoms. The van der Waals surface area contributed by atoms with E-state index in [1.165, 1.54) is 24.8 Å². The number of hydrogen-bond acceptors (Lipinski definition) is 2. The first kappa shape index (κ1) is 16.8. The summed E-state index contributed by atoms with van der Waals surface area (Å²) in [6, 6.07) is 6.50. The number of nitrogens with two attached hydrogens (primary N) is 1. The summed E-state index contributed by atoms with van der Waals surface area (Å²) in [7, 11) is 0. The van der Waals surface area contributed by atoms with Crippen molar-refractivity contribution in [3.8, 4) is 5.75 Å². The highest BCUT2D eigenvalue weighted by Gasteiger charge is 2.25.